The molecule has 0 aliphatic rings. The molecule has 2 rings (SSSR count). The molecule has 0 saturated carbocycles. The van der Waals surface area contributed by atoms with Crippen molar-refractivity contribution in [1.29, 1.82) is 0 Å². The Balaban J connectivity index is 2.56. The summed E-state index contributed by atoms with van der Waals surface area (Å²) in [5, 5.41) is 9.45. The number of hydrogen-bond donors (Lipinski definition) is 1. The highest BCUT2D eigenvalue weighted by Gasteiger charge is 2.15. The van der Waals surface area contributed by atoms with Gasteiger partial charge in [-0.25, -0.2) is 4.98 Å². The topological polar surface area (TPSA) is 50.2 Å². The molecule has 0 saturated heterocycles. The Labute approximate surface area is 138 Å². The maximum atomic E-state index is 10.8. The molecule has 1 aromatic carbocycles. The zero-order valence-corrected chi connectivity index (χ0v) is 14.2. The summed E-state index contributed by atoms with van der Waals surface area (Å²) >= 11 is 13.0. The Morgan fingerprint density at radius 2 is 2.00 bits per heavy atom. The predicted octanol–water partition coefficient (Wildman–Crippen LogP) is 4.94. The van der Waals surface area contributed by atoms with Crippen molar-refractivity contribution in [3.05, 3.63) is 50.0 Å². The Morgan fingerprint density at radius 1 is 1.30 bits per heavy atom. The first kappa shape index (κ1) is 15.5. The first-order chi connectivity index (χ1) is 9.49. The fourth-order valence-electron chi connectivity index (χ4n) is 1.86. The van der Waals surface area contributed by atoms with Gasteiger partial charge in [0.15, 0.2) is 0 Å². The Bertz CT molecular complexity index is 662. The molecule has 0 spiro atoms. The summed E-state index contributed by atoms with van der Waals surface area (Å²) in [5.41, 5.74) is 2.32. The summed E-state index contributed by atoms with van der Waals surface area (Å²) in [7, 11) is 0. The lowest BCUT2D eigenvalue weighted by Gasteiger charge is -2.12. The standard InChI is InChI=1S/C14H10Br2ClNO2/c15-10-7-12(16)18-14(8(10)5-6-13(19)20)9-3-1-2-4-11(9)17/h1-4,7H,5-6H2,(H,19,20). The maximum absolute atomic E-state index is 10.8. The molecule has 0 amide bonds. The monoisotopic (exact) mass is 417 g/mol. The lowest BCUT2D eigenvalue weighted by Crippen LogP contribution is -2.02. The predicted molar refractivity (Wildman–Crippen MR) is 86.0 cm³/mol. The number of carboxylic acid groups (broad SMARTS) is 1. The highest BCUT2D eigenvalue weighted by molar-refractivity contribution is 9.11. The Morgan fingerprint density at radius 3 is 2.65 bits per heavy atom. The zero-order valence-electron chi connectivity index (χ0n) is 10.2. The van der Waals surface area contributed by atoms with Crippen LogP contribution in [0.3, 0.4) is 0 Å². The molecule has 6 heteroatoms. The minimum absolute atomic E-state index is 0.0410. The van der Waals surface area contributed by atoms with E-state index in [9.17, 15) is 4.79 Å². The maximum Gasteiger partial charge on any atom is 0.303 e. The average Bonchev–Trinajstić information content (AvgIpc) is 2.37. The van der Waals surface area contributed by atoms with Crippen LogP contribution in [0.4, 0.5) is 0 Å². The number of rotatable bonds is 4. The van der Waals surface area contributed by atoms with Crippen molar-refractivity contribution in [3.63, 3.8) is 0 Å². The second-order valence-corrected chi connectivity index (χ2v) is 6.20. The lowest BCUT2D eigenvalue weighted by molar-refractivity contribution is -0.136. The number of hydrogen-bond acceptors (Lipinski definition) is 2. The van der Waals surface area contributed by atoms with Gasteiger partial charge in [-0.1, -0.05) is 45.7 Å². The smallest absolute Gasteiger partial charge is 0.303 e. The van der Waals surface area contributed by atoms with Crippen molar-refractivity contribution in [2.75, 3.05) is 0 Å². The van der Waals surface area contributed by atoms with E-state index >= 15 is 0 Å². The van der Waals surface area contributed by atoms with Crippen LogP contribution >= 0.6 is 43.5 Å². The number of benzene rings is 1. The molecule has 0 aliphatic heterocycles. The summed E-state index contributed by atoms with van der Waals surface area (Å²) in [5.74, 6) is -0.843. The van der Waals surface area contributed by atoms with Crippen molar-refractivity contribution < 1.29 is 9.90 Å². The van der Waals surface area contributed by atoms with Gasteiger partial charge in [0.25, 0.3) is 0 Å². The van der Waals surface area contributed by atoms with Crippen LogP contribution in [0, 0.1) is 0 Å². The van der Waals surface area contributed by atoms with E-state index in [4.69, 9.17) is 16.7 Å². The molecule has 1 heterocycles. The van der Waals surface area contributed by atoms with Crippen LogP contribution in [0.25, 0.3) is 11.3 Å². The Kier molecular flexibility index (Phi) is 5.18. The number of pyridine rings is 1. The van der Waals surface area contributed by atoms with Gasteiger partial charge in [0, 0.05) is 21.5 Å². The van der Waals surface area contributed by atoms with Crippen LogP contribution in [-0.2, 0) is 11.2 Å². The van der Waals surface area contributed by atoms with Crippen molar-refractivity contribution in [2.45, 2.75) is 12.8 Å². The number of aromatic nitrogens is 1. The van der Waals surface area contributed by atoms with E-state index in [1.807, 2.05) is 18.2 Å². The van der Waals surface area contributed by atoms with Crippen molar-refractivity contribution in [2.24, 2.45) is 0 Å². The number of carboxylic acids is 1. The minimum Gasteiger partial charge on any atom is -0.481 e. The van der Waals surface area contributed by atoms with Gasteiger partial charge in [-0.2, -0.15) is 0 Å². The van der Waals surface area contributed by atoms with E-state index in [0.29, 0.717) is 21.7 Å². The van der Waals surface area contributed by atoms with E-state index in [2.05, 4.69) is 36.8 Å². The molecule has 1 aromatic heterocycles. The summed E-state index contributed by atoms with van der Waals surface area (Å²) < 4.78 is 1.48. The Hall–Kier alpha value is -0.910. The quantitative estimate of drug-likeness (QED) is 0.714. The van der Waals surface area contributed by atoms with Crippen LogP contribution in [0.2, 0.25) is 5.02 Å². The summed E-state index contributed by atoms with van der Waals surface area (Å²) in [6.07, 6.45) is 0.427. The minimum atomic E-state index is -0.843. The van der Waals surface area contributed by atoms with Crippen LogP contribution in [0.1, 0.15) is 12.0 Å². The first-order valence-electron chi connectivity index (χ1n) is 5.80. The average molecular weight is 420 g/mol. The number of aliphatic carboxylic acids is 1. The molecule has 3 nitrogen and oxygen atoms in total. The molecule has 0 radical (unpaired) electrons. The van der Waals surface area contributed by atoms with E-state index in [1.165, 1.54) is 0 Å². The second kappa shape index (κ2) is 6.70. The van der Waals surface area contributed by atoms with E-state index in [1.54, 1.807) is 12.1 Å². The number of nitrogens with zero attached hydrogens (tertiary/aromatic N) is 1. The zero-order chi connectivity index (χ0) is 14.7. The summed E-state index contributed by atoms with van der Waals surface area (Å²) in [4.78, 5) is 15.2. The highest BCUT2D eigenvalue weighted by Crippen LogP contribution is 2.34. The van der Waals surface area contributed by atoms with Gasteiger partial charge in [-0.05, 0) is 40.0 Å². The molecule has 0 fully saturated rings. The van der Waals surface area contributed by atoms with Gasteiger partial charge in [-0.3, -0.25) is 4.79 Å². The van der Waals surface area contributed by atoms with Gasteiger partial charge in [-0.15, -0.1) is 0 Å². The van der Waals surface area contributed by atoms with Crippen LogP contribution in [0.5, 0.6) is 0 Å². The molecule has 0 bridgehead atoms. The van der Waals surface area contributed by atoms with Crippen LogP contribution in [-0.4, -0.2) is 16.1 Å². The van der Waals surface area contributed by atoms with Crippen molar-refractivity contribution in [1.82, 2.24) is 4.98 Å². The SMILES string of the molecule is O=C(O)CCc1c(Br)cc(Br)nc1-c1ccccc1Cl. The van der Waals surface area contributed by atoms with Crippen molar-refractivity contribution in [3.8, 4) is 11.3 Å². The fourth-order valence-corrected chi connectivity index (χ4v) is 3.40. The van der Waals surface area contributed by atoms with E-state index in [-0.39, 0.29) is 6.42 Å². The van der Waals surface area contributed by atoms with Gasteiger partial charge in [0.05, 0.1) is 5.69 Å². The van der Waals surface area contributed by atoms with Crippen LogP contribution in [0.15, 0.2) is 39.4 Å². The third-order valence-corrected chi connectivity index (χ3v) is 4.20. The lowest BCUT2D eigenvalue weighted by atomic mass is 10.0. The normalized spacial score (nSPS) is 10.6. The third-order valence-electron chi connectivity index (χ3n) is 2.76. The van der Waals surface area contributed by atoms with Gasteiger partial charge >= 0.3 is 5.97 Å². The fraction of sp³-hybridized carbons (Fsp3) is 0.143. The van der Waals surface area contributed by atoms with Gasteiger partial charge in [0.2, 0.25) is 0 Å². The molecule has 20 heavy (non-hydrogen) atoms. The summed E-state index contributed by atoms with van der Waals surface area (Å²) in [6, 6.07) is 9.17. The van der Waals surface area contributed by atoms with Crippen LogP contribution < -0.4 is 0 Å². The molecule has 104 valence electrons. The summed E-state index contributed by atoms with van der Waals surface area (Å²) in [6.45, 7) is 0. The highest BCUT2D eigenvalue weighted by atomic mass is 79.9. The molecular formula is C14H10Br2ClNO2. The third kappa shape index (κ3) is 3.59. The molecule has 0 unspecified atom stereocenters. The molecule has 0 aliphatic carbocycles. The first-order valence-corrected chi connectivity index (χ1v) is 7.77. The van der Waals surface area contributed by atoms with E-state index in [0.717, 1.165) is 15.6 Å². The molecule has 0 atom stereocenters. The number of halogens is 3. The number of carbonyl (C=O) groups is 1. The van der Waals surface area contributed by atoms with Gasteiger partial charge < -0.3 is 5.11 Å². The van der Waals surface area contributed by atoms with Crippen molar-refractivity contribution >= 4 is 49.4 Å². The molecule has 2 aromatic rings. The second-order valence-electron chi connectivity index (χ2n) is 4.13. The molecular weight excluding hydrogens is 409 g/mol. The largest absolute Gasteiger partial charge is 0.481 e. The van der Waals surface area contributed by atoms with E-state index < -0.39 is 5.97 Å². The van der Waals surface area contributed by atoms with Gasteiger partial charge in [0.1, 0.15) is 4.60 Å². The molecule has 1 N–H and O–H groups in total.